The first kappa shape index (κ1) is 23.9. The van der Waals surface area contributed by atoms with Crippen molar-refractivity contribution in [3.8, 4) is 0 Å². The first-order valence-electron chi connectivity index (χ1n) is 11.2. The maximum Gasteiger partial charge on any atom is 0.416 e. The summed E-state index contributed by atoms with van der Waals surface area (Å²) in [6.07, 6.45) is -3.08. The fourth-order valence-corrected chi connectivity index (χ4v) is 4.31. The number of hydrogen-bond donors (Lipinski definition) is 3. The molecule has 1 fully saturated rings. The van der Waals surface area contributed by atoms with Gasteiger partial charge in [-0.2, -0.15) is 13.2 Å². The summed E-state index contributed by atoms with van der Waals surface area (Å²) in [6, 6.07) is 10.6. The van der Waals surface area contributed by atoms with E-state index in [0.717, 1.165) is 36.5 Å². The van der Waals surface area contributed by atoms with Crippen molar-refractivity contribution in [2.45, 2.75) is 44.7 Å². The number of aryl methyl sites for hydroxylation is 1. The monoisotopic (exact) mass is 475 g/mol. The molecule has 0 radical (unpaired) electrons. The van der Waals surface area contributed by atoms with Crippen LogP contribution in [0.25, 0.3) is 0 Å². The summed E-state index contributed by atoms with van der Waals surface area (Å²) in [4.78, 5) is 28.0. The van der Waals surface area contributed by atoms with E-state index in [1.807, 2.05) is 24.1 Å². The van der Waals surface area contributed by atoms with Crippen LogP contribution in [-0.4, -0.2) is 54.1 Å². The Balaban J connectivity index is 1.29. The number of likely N-dealkylation sites (N-methyl/N-ethyl adjacent to an activating group) is 1. The zero-order valence-corrected chi connectivity index (χ0v) is 19.1. The van der Waals surface area contributed by atoms with Gasteiger partial charge in [-0.25, -0.2) is 0 Å². The van der Waals surface area contributed by atoms with Crippen LogP contribution in [0.2, 0.25) is 0 Å². The van der Waals surface area contributed by atoms with Gasteiger partial charge in [0.1, 0.15) is 0 Å². The number of halogens is 3. The Hall–Kier alpha value is -3.27. The number of alkyl halides is 3. The van der Waals surface area contributed by atoms with E-state index in [2.05, 4.69) is 20.9 Å². The third-order valence-electron chi connectivity index (χ3n) is 6.40. The second-order valence-corrected chi connectivity index (χ2v) is 8.77. The van der Waals surface area contributed by atoms with Crippen molar-refractivity contribution in [1.82, 2.24) is 9.80 Å². The highest BCUT2D eigenvalue weighted by molar-refractivity contribution is 5.92. The van der Waals surface area contributed by atoms with E-state index in [1.165, 1.54) is 12.1 Å². The number of anilines is 3. The highest BCUT2D eigenvalue weighted by atomic mass is 19.4. The highest BCUT2D eigenvalue weighted by Gasteiger charge is 2.33. The number of nitrogens with zero attached hydrogens (tertiary/aromatic N) is 2. The molecule has 3 N–H and O–H groups in total. The van der Waals surface area contributed by atoms with Crippen molar-refractivity contribution >= 4 is 28.9 Å². The van der Waals surface area contributed by atoms with Crippen LogP contribution in [0.1, 0.15) is 30.9 Å². The summed E-state index contributed by atoms with van der Waals surface area (Å²) in [6.45, 7) is 3.04. The molecule has 0 spiro atoms. The summed E-state index contributed by atoms with van der Waals surface area (Å²) in [7, 11) is 2.01. The second-order valence-electron chi connectivity index (χ2n) is 8.77. The highest BCUT2D eigenvalue weighted by Crippen LogP contribution is 2.33. The molecule has 34 heavy (non-hydrogen) atoms. The van der Waals surface area contributed by atoms with Crippen LogP contribution < -0.4 is 16.0 Å². The number of hydrogen-bond acceptors (Lipinski definition) is 5. The lowest BCUT2D eigenvalue weighted by atomic mass is 10.1. The molecule has 7 nitrogen and oxygen atoms in total. The molecule has 10 heteroatoms. The van der Waals surface area contributed by atoms with E-state index in [0.29, 0.717) is 24.2 Å². The molecule has 2 aliphatic heterocycles. The number of benzene rings is 2. The topological polar surface area (TPSA) is 76.7 Å². The van der Waals surface area contributed by atoms with Crippen LogP contribution in [0.15, 0.2) is 42.5 Å². The summed E-state index contributed by atoms with van der Waals surface area (Å²) < 4.78 is 38.0. The quantitative estimate of drug-likeness (QED) is 0.590. The molecule has 182 valence electrons. The maximum atomic E-state index is 12.7. The van der Waals surface area contributed by atoms with Gasteiger partial charge in [-0.15, -0.1) is 0 Å². The minimum absolute atomic E-state index is 0.0882. The molecule has 2 atom stereocenters. The number of rotatable bonds is 6. The normalized spacial score (nSPS) is 19.5. The van der Waals surface area contributed by atoms with Crippen LogP contribution in [-0.2, 0) is 22.2 Å². The second kappa shape index (κ2) is 9.54. The van der Waals surface area contributed by atoms with E-state index in [4.69, 9.17) is 0 Å². The van der Waals surface area contributed by atoms with Crippen LogP contribution in [0.3, 0.4) is 0 Å². The van der Waals surface area contributed by atoms with Crippen molar-refractivity contribution in [3.63, 3.8) is 0 Å². The first-order chi connectivity index (χ1) is 16.1. The van der Waals surface area contributed by atoms with Crippen LogP contribution in [0, 0.1) is 0 Å². The number of fused-ring (bicyclic) bond motifs is 1. The van der Waals surface area contributed by atoms with E-state index in [-0.39, 0.29) is 30.6 Å². The first-order valence-corrected chi connectivity index (χ1v) is 11.2. The van der Waals surface area contributed by atoms with E-state index in [9.17, 15) is 22.8 Å². The van der Waals surface area contributed by atoms with Gasteiger partial charge in [0.05, 0.1) is 16.9 Å². The van der Waals surface area contributed by atoms with Crippen LogP contribution in [0.4, 0.5) is 30.2 Å². The van der Waals surface area contributed by atoms with Crippen molar-refractivity contribution in [3.05, 3.63) is 53.6 Å². The molecule has 2 unspecified atom stereocenters. The lowest BCUT2D eigenvalue weighted by Crippen LogP contribution is -2.48. The number of nitrogens with one attached hydrogen (secondary N) is 3. The van der Waals surface area contributed by atoms with Gasteiger partial charge in [-0.1, -0.05) is 12.1 Å². The van der Waals surface area contributed by atoms with Gasteiger partial charge in [-0.05, 0) is 55.8 Å². The molecule has 4 rings (SSSR count). The molecule has 2 aliphatic rings. The SMILES string of the molecule is CC(=O)N1CCC(N(C)C2Nc3ccc(NC(=O)CCc4ccc(C(F)(F)F)cc4)cc3N2)C1. The van der Waals surface area contributed by atoms with Crippen LogP contribution >= 0.6 is 0 Å². The van der Waals surface area contributed by atoms with E-state index >= 15 is 0 Å². The lowest BCUT2D eigenvalue weighted by molar-refractivity contribution is -0.137. The minimum Gasteiger partial charge on any atom is -0.351 e. The molecule has 0 bridgehead atoms. The van der Waals surface area contributed by atoms with Gasteiger partial charge in [-0.3, -0.25) is 14.5 Å². The molecule has 1 saturated heterocycles. The average molecular weight is 476 g/mol. The Bertz CT molecular complexity index is 1060. The fraction of sp³-hybridized carbons (Fsp3) is 0.417. The summed E-state index contributed by atoms with van der Waals surface area (Å²) >= 11 is 0. The Morgan fingerprint density at radius 1 is 1.12 bits per heavy atom. The standard InChI is InChI=1S/C24H28F3N5O2/c1-15(33)32-12-11-19(14-32)31(2)23-29-20-9-8-18(13-21(20)30-23)28-22(34)10-5-16-3-6-17(7-4-16)24(25,26)27/h3-4,6-9,13,19,23,29-30H,5,10-12,14H2,1-2H3,(H,28,34). The molecule has 2 aromatic carbocycles. The Morgan fingerprint density at radius 2 is 1.82 bits per heavy atom. The largest absolute Gasteiger partial charge is 0.416 e. The summed E-state index contributed by atoms with van der Waals surface area (Å²) in [5.74, 6) is -0.125. The van der Waals surface area contributed by atoms with E-state index < -0.39 is 11.7 Å². The minimum atomic E-state index is -4.37. The molecule has 0 aromatic heterocycles. The zero-order chi connectivity index (χ0) is 24.5. The van der Waals surface area contributed by atoms with Crippen molar-refractivity contribution < 1.29 is 22.8 Å². The number of amides is 2. The van der Waals surface area contributed by atoms with Crippen molar-refractivity contribution in [2.24, 2.45) is 0 Å². The predicted molar refractivity (Wildman–Crippen MR) is 124 cm³/mol. The van der Waals surface area contributed by atoms with Gasteiger partial charge in [0.2, 0.25) is 11.8 Å². The lowest BCUT2D eigenvalue weighted by Gasteiger charge is -2.30. The van der Waals surface area contributed by atoms with Gasteiger partial charge in [0, 0.05) is 38.2 Å². The summed E-state index contributed by atoms with van der Waals surface area (Å²) in [5.41, 5.74) is 2.38. The average Bonchev–Trinajstić information content (AvgIpc) is 3.44. The van der Waals surface area contributed by atoms with Crippen LogP contribution in [0.5, 0.6) is 0 Å². The molecule has 0 aliphatic carbocycles. The molecular weight excluding hydrogens is 447 g/mol. The Kier molecular flexibility index (Phi) is 6.70. The maximum absolute atomic E-state index is 12.7. The van der Waals surface area contributed by atoms with Gasteiger partial charge in [0.25, 0.3) is 0 Å². The van der Waals surface area contributed by atoms with Gasteiger partial charge < -0.3 is 20.9 Å². The molecule has 2 amide bonds. The smallest absolute Gasteiger partial charge is 0.351 e. The van der Waals surface area contributed by atoms with Crippen molar-refractivity contribution in [2.75, 3.05) is 36.1 Å². The third-order valence-corrected chi connectivity index (χ3v) is 6.40. The zero-order valence-electron chi connectivity index (χ0n) is 19.1. The van der Waals surface area contributed by atoms with E-state index in [1.54, 1.807) is 13.0 Å². The Morgan fingerprint density at radius 3 is 2.47 bits per heavy atom. The molecule has 0 saturated carbocycles. The molecule has 2 aromatic rings. The number of likely N-dealkylation sites (tertiary alicyclic amines) is 1. The number of carbonyl (C=O) groups excluding carboxylic acids is 2. The van der Waals surface area contributed by atoms with Gasteiger partial charge >= 0.3 is 6.18 Å². The van der Waals surface area contributed by atoms with Crippen molar-refractivity contribution in [1.29, 1.82) is 0 Å². The third kappa shape index (κ3) is 5.44. The fourth-order valence-electron chi connectivity index (χ4n) is 4.31. The predicted octanol–water partition coefficient (Wildman–Crippen LogP) is 3.95. The molecular formula is C24H28F3N5O2. The molecule has 2 heterocycles. The number of carbonyl (C=O) groups is 2. The summed E-state index contributed by atoms with van der Waals surface area (Å²) in [5, 5.41) is 9.68. The van der Waals surface area contributed by atoms with Gasteiger partial charge in [0.15, 0.2) is 6.29 Å². The Labute approximate surface area is 196 Å².